The van der Waals surface area contributed by atoms with E-state index in [1.807, 2.05) is 6.07 Å². The third kappa shape index (κ3) is 7.22. The summed E-state index contributed by atoms with van der Waals surface area (Å²) >= 11 is 0. The van der Waals surface area contributed by atoms with Crippen LogP contribution in [0.25, 0.3) is 0 Å². The fraction of sp³-hybridized carbons (Fsp3) is 0.462. The summed E-state index contributed by atoms with van der Waals surface area (Å²) in [4.78, 5) is 27.5. The van der Waals surface area contributed by atoms with E-state index in [0.717, 1.165) is 32.5 Å². The van der Waals surface area contributed by atoms with Gasteiger partial charge in [0.15, 0.2) is 0 Å². The van der Waals surface area contributed by atoms with Crippen molar-refractivity contribution in [2.24, 2.45) is 0 Å². The van der Waals surface area contributed by atoms with Crippen LogP contribution in [0.3, 0.4) is 0 Å². The van der Waals surface area contributed by atoms with Gasteiger partial charge in [-0.15, -0.1) is 0 Å². The average Bonchev–Trinajstić information content (AvgIpc) is 2.74. The topological polar surface area (TPSA) is 79.9 Å². The number of anilines is 1. The number of likely N-dealkylation sites (tertiary alicyclic amines) is 1. The van der Waals surface area contributed by atoms with Gasteiger partial charge in [-0.2, -0.15) is 0 Å². The van der Waals surface area contributed by atoms with Gasteiger partial charge in [-0.3, -0.25) is 15.0 Å². The minimum atomic E-state index is -0.597. The van der Waals surface area contributed by atoms with E-state index in [1.165, 1.54) is 12.7 Å². The summed E-state index contributed by atoms with van der Waals surface area (Å²) in [6.07, 6.45) is 1.18. The number of piperidine rings is 1. The summed E-state index contributed by atoms with van der Waals surface area (Å²) in [7, 11) is 1.51. The highest BCUT2D eigenvalue weighted by Crippen LogP contribution is 2.27. The summed E-state index contributed by atoms with van der Waals surface area (Å²) in [5, 5.41) is 5.88. The van der Waals surface area contributed by atoms with Gasteiger partial charge in [-0.05, 0) is 58.2 Å². The fourth-order valence-electron chi connectivity index (χ4n) is 3.89. The largest absolute Gasteiger partial charge is 0.496 e. The molecule has 2 amide bonds. The van der Waals surface area contributed by atoms with Crippen LogP contribution in [0.1, 0.15) is 56.5 Å². The Morgan fingerprint density at radius 1 is 1.06 bits per heavy atom. The zero-order valence-corrected chi connectivity index (χ0v) is 20.2. The number of methoxy groups -OCH3 is 1. The molecule has 0 aromatic heterocycles. The van der Waals surface area contributed by atoms with E-state index >= 15 is 0 Å². The van der Waals surface area contributed by atoms with Gasteiger partial charge in [0.2, 0.25) is 0 Å². The van der Waals surface area contributed by atoms with Crippen molar-refractivity contribution in [3.8, 4) is 5.75 Å². The maximum Gasteiger partial charge on any atom is 0.412 e. The first kappa shape index (κ1) is 24.6. The molecule has 0 spiro atoms. The van der Waals surface area contributed by atoms with E-state index in [4.69, 9.17) is 9.47 Å². The molecule has 1 saturated heterocycles. The second-order valence-electron chi connectivity index (χ2n) is 9.82. The van der Waals surface area contributed by atoms with Gasteiger partial charge in [0, 0.05) is 36.9 Å². The SMILES string of the molecule is COc1cc(NC(=O)OC(C)(C)C)ccc1C(=O)NC1(C)CCN(Cc2ccccc2)CC1. The molecule has 2 N–H and O–H groups in total. The highest BCUT2D eigenvalue weighted by Gasteiger charge is 2.32. The number of amides is 2. The Balaban J connectivity index is 1.59. The van der Waals surface area contributed by atoms with E-state index in [2.05, 4.69) is 46.7 Å². The molecule has 7 heteroatoms. The predicted octanol–water partition coefficient (Wildman–Crippen LogP) is 4.83. The van der Waals surface area contributed by atoms with Crippen LogP contribution in [0.15, 0.2) is 48.5 Å². The summed E-state index contributed by atoms with van der Waals surface area (Å²) in [5.74, 6) is 0.209. The lowest BCUT2D eigenvalue weighted by atomic mass is 9.89. The van der Waals surface area contributed by atoms with Gasteiger partial charge in [-0.1, -0.05) is 30.3 Å². The highest BCUT2D eigenvalue weighted by atomic mass is 16.6. The van der Waals surface area contributed by atoms with E-state index < -0.39 is 11.7 Å². The van der Waals surface area contributed by atoms with E-state index in [0.29, 0.717) is 17.0 Å². The number of ether oxygens (including phenoxy) is 2. The summed E-state index contributed by atoms with van der Waals surface area (Å²) < 4.78 is 10.7. The van der Waals surface area contributed by atoms with Crippen LogP contribution in [0, 0.1) is 0 Å². The maximum atomic E-state index is 13.1. The molecule has 1 heterocycles. The fourth-order valence-corrected chi connectivity index (χ4v) is 3.89. The van der Waals surface area contributed by atoms with Crippen LogP contribution in [-0.2, 0) is 11.3 Å². The number of hydrogen-bond acceptors (Lipinski definition) is 5. The molecule has 33 heavy (non-hydrogen) atoms. The molecule has 2 aromatic rings. The number of nitrogens with zero attached hydrogens (tertiary/aromatic N) is 1. The second-order valence-corrected chi connectivity index (χ2v) is 9.82. The first-order valence-electron chi connectivity index (χ1n) is 11.3. The highest BCUT2D eigenvalue weighted by molar-refractivity contribution is 5.98. The Bertz CT molecular complexity index is 961. The molecule has 0 saturated carbocycles. The number of nitrogens with one attached hydrogen (secondary N) is 2. The van der Waals surface area contributed by atoms with Crippen LogP contribution in [0.4, 0.5) is 10.5 Å². The molecule has 2 aromatic carbocycles. The van der Waals surface area contributed by atoms with E-state index in [-0.39, 0.29) is 11.4 Å². The summed E-state index contributed by atoms with van der Waals surface area (Å²) in [6.45, 7) is 10.2. The lowest BCUT2D eigenvalue weighted by Gasteiger charge is -2.40. The first-order valence-corrected chi connectivity index (χ1v) is 11.3. The normalized spacial score (nSPS) is 16.0. The molecule has 1 fully saturated rings. The minimum Gasteiger partial charge on any atom is -0.496 e. The van der Waals surface area contributed by atoms with Gasteiger partial charge in [0.05, 0.1) is 12.7 Å². The molecular weight excluding hydrogens is 418 g/mol. The van der Waals surface area contributed by atoms with Crippen molar-refractivity contribution >= 4 is 17.7 Å². The van der Waals surface area contributed by atoms with Crippen molar-refractivity contribution in [2.75, 3.05) is 25.5 Å². The number of rotatable bonds is 6. The molecule has 0 bridgehead atoms. The van der Waals surface area contributed by atoms with E-state index in [9.17, 15) is 9.59 Å². The Kier molecular flexibility index (Phi) is 7.64. The number of carbonyl (C=O) groups is 2. The Morgan fingerprint density at radius 3 is 2.33 bits per heavy atom. The molecule has 0 atom stereocenters. The first-order chi connectivity index (χ1) is 15.6. The van der Waals surface area contributed by atoms with Crippen LogP contribution in [-0.4, -0.2) is 48.2 Å². The summed E-state index contributed by atoms with van der Waals surface area (Å²) in [6, 6.07) is 15.4. The molecule has 7 nitrogen and oxygen atoms in total. The molecular formula is C26H35N3O4. The van der Waals surface area contributed by atoms with Crippen LogP contribution in [0.5, 0.6) is 5.75 Å². The Labute approximate surface area is 196 Å². The van der Waals surface area contributed by atoms with Crippen LogP contribution >= 0.6 is 0 Å². The molecule has 1 aliphatic rings. The quantitative estimate of drug-likeness (QED) is 0.655. The van der Waals surface area contributed by atoms with Crippen molar-refractivity contribution in [1.82, 2.24) is 10.2 Å². The lowest BCUT2D eigenvalue weighted by Crippen LogP contribution is -2.53. The van der Waals surface area contributed by atoms with Gasteiger partial charge >= 0.3 is 6.09 Å². The monoisotopic (exact) mass is 453 g/mol. The minimum absolute atomic E-state index is 0.185. The predicted molar refractivity (Wildman–Crippen MR) is 130 cm³/mol. The third-order valence-corrected chi connectivity index (χ3v) is 5.72. The standard InChI is InChI=1S/C26H35N3O4/c1-25(2,3)33-24(31)27-20-11-12-21(22(17-20)32-5)23(30)28-26(4)13-15-29(16-14-26)18-19-9-7-6-8-10-19/h6-12,17H,13-16,18H2,1-5H3,(H,27,31)(H,28,30). The van der Waals surface area contributed by atoms with Crippen LogP contribution in [0.2, 0.25) is 0 Å². The third-order valence-electron chi connectivity index (χ3n) is 5.72. The molecule has 0 aliphatic carbocycles. The zero-order chi connectivity index (χ0) is 24.1. The van der Waals surface area contributed by atoms with Crippen molar-refractivity contribution in [3.63, 3.8) is 0 Å². The van der Waals surface area contributed by atoms with Gasteiger partial charge < -0.3 is 14.8 Å². The molecule has 3 rings (SSSR count). The second kappa shape index (κ2) is 10.3. The molecule has 0 unspecified atom stereocenters. The van der Waals surface area contributed by atoms with Gasteiger partial charge in [-0.25, -0.2) is 4.79 Å². The molecule has 0 radical (unpaired) electrons. The van der Waals surface area contributed by atoms with E-state index in [1.54, 1.807) is 39.0 Å². The van der Waals surface area contributed by atoms with Crippen molar-refractivity contribution in [1.29, 1.82) is 0 Å². The molecule has 1 aliphatic heterocycles. The van der Waals surface area contributed by atoms with Crippen LogP contribution < -0.4 is 15.4 Å². The Morgan fingerprint density at radius 2 is 1.73 bits per heavy atom. The lowest BCUT2D eigenvalue weighted by molar-refractivity contribution is 0.0635. The average molecular weight is 454 g/mol. The number of benzene rings is 2. The Hall–Kier alpha value is -3.06. The van der Waals surface area contributed by atoms with Crippen molar-refractivity contribution in [3.05, 3.63) is 59.7 Å². The number of hydrogen-bond donors (Lipinski definition) is 2. The molecule has 178 valence electrons. The zero-order valence-electron chi connectivity index (χ0n) is 20.2. The van der Waals surface area contributed by atoms with Crippen molar-refractivity contribution < 1.29 is 19.1 Å². The van der Waals surface area contributed by atoms with Gasteiger partial charge in [0.1, 0.15) is 11.4 Å². The summed E-state index contributed by atoms with van der Waals surface area (Å²) in [5.41, 5.74) is 1.34. The smallest absolute Gasteiger partial charge is 0.412 e. The number of carbonyl (C=O) groups excluding carboxylic acids is 2. The van der Waals surface area contributed by atoms with Crippen molar-refractivity contribution in [2.45, 2.75) is 58.2 Å². The maximum absolute atomic E-state index is 13.1. The van der Waals surface area contributed by atoms with Gasteiger partial charge in [0.25, 0.3) is 5.91 Å².